The van der Waals surface area contributed by atoms with Crippen molar-refractivity contribution in [1.82, 2.24) is 9.88 Å². The van der Waals surface area contributed by atoms with Crippen molar-refractivity contribution < 1.29 is 9.59 Å². The molecule has 1 amide bonds. The summed E-state index contributed by atoms with van der Waals surface area (Å²) in [6, 6.07) is 11.6. The lowest BCUT2D eigenvalue weighted by molar-refractivity contribution is -0.131. The predicted molar refractivity (Wildman–Crippen MR) is 103 cm³/mol. The Bertz CT molecular complexity index is 781. The van der Waals surface area contributed by atoms with Crippen LogP contribution in [0.5, 0.6) is 0 Å². The van der Waals surface area contributed by atoms with Crippen molar-refractivity contribution in [3.8, 4) is 0 Å². The molecule has 0 N–H and O–H groups in total. The molecule has 1 saturated heterocycles. The van der Waals surface area contributed by atoms with E-state index in [-0.39, 0.29) is 24.5 Å². The minimum absolute atomic E-state index is 0.0508. The molecule has 2 heterocycles. The molecule has 1 aliphatic heterocycles. The lowest BCUT2D eigenvalue weighted by Gasteiger charge is -2.37. The van der Waals surface area contributed by atoms with E-state index in [0.29, 0.717) is 18.8 Å². The molecule has 3 rings (SSSR count). The smallest absolute Gasteiger partial charge is 0.223 e. The number of aromatic nitrogens is 1. The van der Waals surface area contributed by atoms with Gasteiger partial charge in [-0.1, -0.05) is 18.2 Å². The highest BCUT2D eigenvalue weighted by Gasteiger charge is 2.22. The molecule has 0 saturated carbocycles. The van der Waals surface area contributed by atoms with Gasteiger partial charge < -0.3 is 9.80 Å². The van der Waals surface area contributed by atoms with Crippen LogP contribution < -0.4 is 4.90 Å². The molecule has 0 aliphatic carbocycles. The third-order valence-corrected chi connectivity index (χ3v) is 5.07. The topological polar surface area (TPSA) is 53.5 Å². The Labute approximate surface area is 154 Å². The largest absolute Gasteiger partial charge is 0.368 e. The number of hydrogen-bond donors (Lipinski definition) is 0. The van der Waals surface area contributed by atoms with E-state index in [1.54, 1.807) is 24.4 Å². The molecular formula is C21H25N3O2. The second-order valence-corrected chi connectivity index (χ2v) is 6.73. The summed E-state index contributed by atoms with van der Waals surface area (Å²) in [4.78, 5) is 32.8. The number of ketones is 1. The van der Waals surface area contributed by atoms with Gasteiger partial charge in [-0.05, 0) is 43.2 Å². The van der Waals surface area contributed by atoms with E-state index in [4.69, 9.17) is 0 Å². The van der Waals surface area contributed by atoms with Crippen molar-refractivity contribution >= 4 is 17.4 Å². The summed E-state index contributed by atoms with van der Waals surface area (Å²) in [5.41, 5.74) is 4.27. The quantitative estimate of drug-likeness (QED) is 0.777. The summed E-state index contributed by atoms with van der Waals surface area (Å²) < 4.78 is 0. The van der Waals surface area contributed by atoms with Crippen LogP contribution in [-0.4, -0.2) is 47.8 Å². The van der Waals surface area contributed by atoms with E-state index in [2.05, 4.69) is 41.9 Å². The molecule has 26 heavy (non-hydrogen) atoms. The van der Waals surface area contributed by atoms with Crippen LogP contribution in [0.15, 0.2) is 42.6 Å². The average Bonchev–Trinajstić information content (AvgIpc) is 2.69. The van der Waals surface area contributed by atoms with Crippen LogP contribution >= 0.6 is 0 Å². The molecule has 0 unspecified atom stereocenters. The van der Waals surface area contributed by atoms with Gasteiger partial charge in [-0.3, -0.25) is 14.6 Å². The van der Waals surface area contributed by atoms with Crippen molar-refractivity contribution in [3.63, 3.8) is 0 Å². The standard InChI is InChI=1S/C21H25N3O2/c1-16-6-5-8-19(17(16)2)23-12-14-24(15-13-23)21(26)10-9-20(25)18-7-3-4-11-22-18/h3-8,11H,9-10,12-15H2,1-2H3. The molecule has 0 spiro atoms. The normalized spacial score (nSPS) is 14.4. The van der Waals surface area contributed by atoms with Gasteiger partial charge in [0.1, 0.15) is 5.69 Å². The van der Waals surface area contributed by atoms with E-state index in [9.17, 15) is 9.59 Å². The Balaban J connectivity index is 1.51. The van der Waals surface area contributed by atoms with Crippen LogP contribution in [0.3, 0.4) is 0 Å². The zero-order valence-electron chi connectivity index (χ0n) is 15.4. The number of carbonyl (C=O) groups is 2. The summed E-state index contributed by atoms with van der Waals surface area (Å²) in [5, 5.41) is 0. The molecule has 5 heteroatoms. The van der Waals surface area contributed by atoms with Crippen LogP contribution in [0.25, 0.3) is 0 Å². The molecule has 1 aromatic heterocycles. The molecule has 1 aromatic carbocycles. The number of nitrogens with zero attached hydrogens (tertiary/aromatic N) is 3. The Morgan fingerprint density at radius 1 is 0.962 bits per heavy atom. The summed E-state index contributed by atoms with van der Waals surface area (Å²) in [6.45, 7) is 7.31. The van der Waals surface area contributed by atoms with Gasteiger partial charge in [-0.2, -0.15) is 0 Å². The summed E-state index contributed by atoms with van der Waals surface area (Å²) in [6.07, 6.45) is 2.06. The fraction of sp³-hybridized carbons (Fsp3) is 0.381. The summed E-state index contributed by atoms with van der Waals surface area (Å²) >= 11 is 0. The Kier molecular flexibility index (Phi) is 5.66. The molecule has 2 aromatic rings. The van der Waals surface area contributed by atoms with E-state index in [1.165, 1.54) is 16.8 Å². The van der Waals surface area contributed by atoms with Gasteiger partial charge >= 0.3 is 0 Å². The van der Waals surface area contributed by atoms with Gasteiger partial charge in [0, 0.05) is 50.9 Å². The van der Waals surface area contributed by atoms with Crippen molar-refractivity contribution in [2.24, 2.45) is 0 Å². The number of pyridine rings is 1. The molecule has 1 fully saturated rings. The number of Topliss-reactive ketones (excluding diaryl/α,β-unsaturated/α-hetero) is 1. The van der Waals surface area contributed by atoms with E-state index in [0.717, 1.165) is 13.1 Å². The van der Waals surface area contributed by atoms with E-state index in [1.807, 2.05) is 4.90 Å². The minimum Gasteiger partial charge on any atom is -0.368 e. The van der Waals surface area contributed by atoms with Gasteiger partial charge in [-0.25, -0.2) is 0 Å². The number of rotatable bonds is 5. The second-order valence-electron chi connectivity index (χ2n) is 6.73. The predicted octanol–water partition coefficient (Wildman–Crippen LogP) is 3.01. The van der Waals surface area contributed by atoms with E-state index < -0.39 is 0 Å². The maximum atomic E-state index is 12.4. The third-order valence-electron chi connectivity index (χ3n) is 5.07. The monoisotopic (exact) mass is 351 g/mol. The maximum absolute atomic E-state index is 12.4. The van der Waals surface area contributed by atoms with Crippen molar-refractivity contribution in [2.45, 2.75) is 26.7 Å². The number of benzene rings is 1. The van der Waals surface area contributed by atoms with Crippen LogP contribution in [0, 0.1) is 13.8 Å². The van der Waals surface area contributed by atoms with Gasteiger partial charge in [0.2, 0.25) is 5.91 Å². The fourth-order valence-corrected chi connectivity index (χ4v) is 3.31. The first-order valence-corrected chi connectivity index (χ1v) is 9.09. The molecular weight excluding hydrogens is 326 g/mol. The number of anilines is 1. The van der Waals surface area contributed by atoms with Crippen LogP contribution in [0.1, 0.15) is 34.5 Å². The van der Waals surface area contributed by atoms with Crippen LogP contribution in [-0.2, 0) is 4.79 Å². The van der Waals surface area contributed by atoms with Crippen molar-refractivity contribution in [3.05, 3.63) is 59.4 Å². The zero-order valence-corrected chi connectivity index (χ0v) is 15.4. The fourth-order valence-electron chi connectivity index (χ4n) is 3.31. The number of carbonyl (C=O) groups excluding carboxylic acids is 2. The molecule has 1 aliphatic rings. The number of aryl methyl sites for hydroxylation is 1. The van der Waals surface area contributed by atoms with Gasteiger partial charge in [0.05, 0.1) is 0 Å². The lowest BCUT2D eigenvalue weighted by Crippen LogP contribution is -2.49. The van der Waals surface area contributed by atoms with Crippen LogP contribution in [0.2, 0.25) is 0 Å². The SMILES string of the molecule is Cc1cccc(N2CCN(C(=O)CCC(=O)c3ccccn3)CC2)c1C. The van der Waals surface area contributed by atoms with Crippen molar-refractivity contribution in [1.29, 1.82) is 0 Å². The number of hydrogen-bond acceptors (Lipinski definition) is 4. The molecule has 0 atom stereocenters. The molecule has 0 bridgehead atoms. The summed E-state index contributed by atoms with van der Waals surface area (Å²) in [5.74, 6) is -0.0251. The number of piperazine rings is 1. The molecule has 5 nitrogen and oxygen atoms in total. The highest BCUT2D eigenvalue weighted by Crippen LogP contribution is 2.24. The zero-order chi connectivity index (χ0) is 18.5. The summed E-state index contributed by atoms with van der Waals surface area (Å²) in [7, 11) is 0. The first-order valence-electron chi connectivity index (χ1n) is 9.09. The minimum atomic E-state index is -0.0760. The average molecular weight is 351 g/mol. The van der Waals surface area contributed by atoms with Gasteiger partial charge in [0.15, 0.2) is 5.78 Å². The van der Waals surface area contributed by atoms with Crippen molar-refractivity contribution in [2.75, 3.05) is 31.1 Å². The lowest BCUT2D eigenvalue weighted by atomic mass is 10.1. The maximum Gasteiger partial charge on any atom is 0.223 e. The molecule has 0 radical (unpaired) electrons. The van der Waals surface area contributed by atoms with Gasteiger partial charge in [-0.15, -0.1) is 0 Å². The highest BCUT2D eigenvalue weighted by molar-refractivity contribution is 5.96. The Morgan fingerprint density at radius 3 is 2.42 bits per heavy atom. The van der Waals surface area contributed by atoms with E-state index >= 15 is 0 Å². The Hall–Kier alpha value is -2.69. The van der Waals surface area contributed by atoms with Gasteiger partial charge in [0.25, 0.3) is 0 Å². The highest BCUT2D eigenvalue weighted by atomic mass is 16.2. The first kappa shape index (κ1) is 18.1. The molecule has 136 valence electrons. The third kappa shape index (κ3) is 4.10. The second kappa shape index (κ2) is 8.13. The first-order chi connectivity index (χ1) is 12.6. The Morgan fingerprint density at radius 2 is 1.73 bits per heavy atom. The number of amides is 1. The van der Waals surface area contributed by atoms with Crippen LogP contribution in [0.4, 0.5) is 5.69 Å².